The average molecular weight is 215 g/mol. The van der Waals surface area contributed by atoms with E-state index in [9.17, 15) is 5.26 Å². The summed E-state index contributed by atoms with van der Waals surface area (Å²) in [5.74, 6) is 0.325. The molecule has 16 heavy (non-hydrogen) atoms. The number of hydrogen-bond acceptors (Lipinski definition) is 3. The van der Waals surface area contributed by atoms with Gasteiger partial charge in [0, 0.05) is 12.7 Å². The lowest BCUT2D eigenvalue weighted by molar-refractivity contribution is 0.154. The fraction of sp³-hybridized carbons (Fsp3) is 0.538. The van der Waals surface area contributed by atoms with Crippen LogP contribution in [0.15, 0.2) is 24.4 Å². The standard InChI is InChI=1S/C13H17N3/c1-11-9-16(2)8-6-13(11,10-14)12-5-3-4-7-15-12/h3-5,7,11H,6,8-9H2,1-2H3/t11-,13+/m0/s1. The van der Waals surface area contributed by atoms with Crippen molar-refractivity contribution >= 4 is 0 Å². The summed E-state index contributed by atoms with van der Waals surface area (Å²) in [4.78, 5) is 6.66. The summed E-state index contributed by atoms with van der Waals surface area (Å²) in [6.07, 6.45) is 2.65. The Morgan fingerprint density at radius 1 is 1.56 bits per heavy atom. The molecule has 84 valence electrons. The lowest BCUT2D eigenvalue weighted by atomic mass is 9.70. The van der Waals surface area contributed by atoms with Gasteiger partial charge in [0.2, 0.25) is 0 Å². The van der Waals surface area contributed by atoms with E-state index in [4.69, 9.17) is 0 Å². The molecule has 1 aromatic heterocycles. The molecule has 0 saturated carbocycles. The van der Waals surface area contributed by atoms with Crippen LogP contribution in [0, 0.1) is 17.2 Å². The van der Waals surface area contributed by atoms with Crippen LogP contribution in [-0.2, 0) is 5.41 Å². The molecule has 1 aromatic rings. The Hall–Kier alpha value is -1.40. The van der Waals surface area contributed by atoms with Crippen LogP contribution in [0.5, 0.6) is 0 Å². The largest absolute Gasteiger partial charge is 0.306 e. The number of nitrogens with zero attached hydrogens (tertiary/aromatic N) is 3. The topological polar surface area (TPSA) is 39.9 Å². The smallest absolute Gasteiger partial charge is 0.104 e. The highest BCUT2D eigenvalue weighted by molar-refractivity contribution is 5.28. The monoisotopic (exact) mass is 215 g/mol. The molecule has 2 atom stereocenters. The van der Waals surface area contributed by atoms with E-state index in [0.29, 0.717) is 5.92 Å². The fourth-order valence-corrected chi connectivity index (χ4v) is 2.56. The number of rotatable bonds is 1. The van der Waals surface area contributed by atoms with E-state index in [2.05, 4.69) is 29.9 Å². The van der Waals surface area contributed by atoms with Gasteiger partial charge in [0.1, 0.15) is 5.41 Å². The van der Waals surface area contributed by atoms with E-state index in [-0.39, 0.29) is 0 Å². The molecule has 2 rings (SSSR count). The number of nitriles is 1. The molecule has 0 bridgehead atoms. The van der Waals surface area contributed by atoms with Crippen molar-refractivity contribution in [1.82, 2.24) is 9.88 Å². The van der Waals surface area contributed by atoms with Gasteiger partial charge >= 0.3 is 0 Å². The third kappa shape index (κ3) is 1.70. The summed E-state index contributed by atoms with van der Waals surface area (Å²) in [6, 6.07) is 8.35. The number of pyridine rings is 1. The second-order valence-electron chi connectivity index (χ2n) is 4.71. The van der Waals surface area contributed by atoms with E-state index >= 15 is 0 Å². The number of piperidine rings is 1. The van der Waals surface area contributed by atoms with Crippen molar-refractivity contribution in [1.29, 1.82) is 5.26 Å². The van der Waals surface area contributed by atoms with Crippen molar-refractivity contribution in [3.63, 3.8) is 0 Å². The second-order valence-corrected chi connectivity index (χ2v) is 4.71. The third-order valence-electron chi connectivity index (χ3n) is 3.64. The predicted octanol–water partition coefficient (Wildman–Crippen LogP) is 1.81. The Labute approximate surface area is 96.7 Å². The Morgan fingerprint density at radius 3 is 2.94 bits per heavy atom. The summed E-state index contributed by atoms with van der Waals surface area (Å²) < 4.78 is 0. The number of aromatic nitrogens is 1. The van der Waals surface area contributed by atoms with E-state index in [1.54, 1.807) is 6.20 Å². The maximum absolute atomic E-state index is 9.54. The Morgan fingerprint density at radius 2 is 2.38 bits per heavy atom. The lowest BCUT2D eigenvalue weighted by Crippen LogP contribution is -2.47. The van der Waals surface area contributed by atoms with Crippen molar-refractivity contribution in [2.45, 2.75) is 18.8 Å². The quantitative estimate of drug-likeness (QED) is 0.717. The summed E-state index contributed by atoms with van der Waals surface area (Å²) in [7, 11) is 2.11. The molecule has 0 aliphatic carbocycles. The Bertz CT molecular complexity index is 395. The molecule has 3 nitrogen and oxygen atoms in total. The molecule has 3 heteroatoms. The van der Waals surface area contributed by atoms with E-state index in [0.717, 1.165) is 25.2 Å². The summed E-state index contributed by atoms with van der Waals surface area (Å²) in [5.41, 5.74) is 0.534. The van der Waals surface area contributed by atoms with Crippen LogP contribution in [-0.4, -0.2) is 30.0 Å². The van der Waals surface area contributed by atoms with Crippen molar-refractivity contribution in [3.05, 3.63) is 30.1 Å². The molecule has 0 aromatic carbocycles. The first-order valence-corrected chi connectivity index (χ1v) is 5.70. The Balaban J connectivity index is 2.37. The predicted molar refractivity (Wildman–Crippen MR) is 62.8 cm³/mol. The minimum Gasteiger partial charge on any atom is -0.306 e. The highest BCUT2D eigenvalue weighted by Gasteiger charge is 2.42. The summed E-state index contributed by atoms with van der Waals surface area (Å²) in [6.45, 7) is 4.08. The van der Waals surface area contributed by atoms with Gasteiger partial charge in [-0.3, -0.25) is 4.98 Å². The van der Waals surface area contributed by atoms with E-state index in [1.165, 1.54) is 0 Å². The van der Waals surface area contributed by atoms with Crippen LogP contribution in [0.25, 0.3) is 0 Å². The lowest BCUT2D eigenvalue weighted by Gasteiger charge is -2.40. The minimum absolute atomic E-state index is 0.325. The highest BCUT2D eigenvalue weighted by atomic mass is 15.1. The third-order valence-corrected chi connectivity index (χ3v) is 3.64. The van der Waals surface area contributed by atoms with Crippen molar-refractivity contribution in [2.24, 2.45) is 5.92 Å². The van der Waals surface area contributed by atoms with E-state index in [1.807, 2.05) is 18.2 Å². The maximum Gasteiger partial charge on any atom is 0.104 e. The van der Waals surface area contributed by atoms with Crippen molar-refractivity contribution in [3.8, 4) is 6.07 Å². The molecule has 0 spiro atoms. The molecule has 1 saturated heterocycles. The van der Waals surface area contributed by atoms with Crippen LogP contribution >= 0.6 is 0 Å². The molecule has 0 N–H and O–H groups in total. The average Bonchev–Trinajstić information content (AvgIpc) is 2.31. The molecule has 1 aliphatic heterocycles. The van der Waals surface area contributed by atoms with Gasteiger partial charge in [-0.05, 0) is 38.1 Å². The number of likely N-dealkylation sites (tertiary alicyclic amines) is 1. The summed E-state index contributed by atoms with van der Waals surface area (Å²) in [5, 5.41) is 9.54. The molecule has 0 radical (unpaired) electrons. The van der Waals surface area contributed by atoms with Crippen molar-refractivity contribution < 1.29 is 0 Å². The first-order chi connectivity index (χ1) is 7.69. The van der Waals surface area contributed by atoms with Crippen LogP contribution in [0.4, 0.5) is 0 Å². The molecular weight excluding hydrogens is 198 g/mol. The zero-order chi connectivity index (χ0) is 11.6. The van der Waals surface area contributed by atoms with Gasteiger partial charge in [0.15, 0.2) is 0 Å². The molecule has 1 aliphatic rings. The molecule has 1 fully saturated rings. The number of hydrogen-bond donors (Lipinski definition) is 0. The normalized spacial score (nSPS) is 30.9. The van der Waals surface area contributed by atoms with Gasteiger partial charge in [0.05, 0.1) is 11.8 Å². The van der Waals surface area contributed by atoms with Crippen LogP contribution in [0.1, 0.15) is 19.0 Å². The SMILES string of the molecule is C[C@H]1CN(C)CC[C@]1(C#N)c1ccccn1. The molecular formula is C13H17N3. The maximum atomic E-state index is 9.54. The zero-order valence-electron chi connectivity index (χ0n) is 9.85. The summed E-state index contributed by atoms with van der Waals surface area (Å²) >= 11 is 0. The van der Waals surface area contributed by atoms with Gasteiger partial charge in [-0.25, -0.2) is 0 Å². The minimum atomic E-state index is -0.395. The van der Waals surface area contributed by atoms with Gasteiger partial charge in [-0.1, -0.05) is 13.0 Å². The first-order valence-electron chi connectivity index (χ1n) is 5.70. The van der Waals surface area contributed by atoms with Crippen LogP contribution in [0.3, 0.4) is 0 Å². The Kier molecular flexibility index (Phi) is 2.93. The van der Waals surface area contributed by atoms with Gasteiger partial charge in [-0.2, -0.15) is 5.26 Å². The van der Waals surface area contributed by atoms with Crippen LogP contribution < -0.4 is 0 Å². The van der Waals surface area contributed by atoms with Gasteiger partial charge in [0.25, 0.3) is 0 Å². The molecule has 0 amide bonds. The van der Waals surface area contributed by atoms with E-state index < -0.39 is 5.41 Å². The zero-order valence-corrected chi connectivity index (χ0v) is 9.85. The first kappa shape index (κ1) is 11.1. The second kappa shape index (κ2) is 4.23. The van der Waals surface area contributed by atoms with Gasteiger partial charge in [-0.15, -0.1) is 0 Å². The van der Waals surface area contributed by atoms with Gasteiger partial charge < -0.3 is 4.90 Å². The molecule has 2 heterocycles. The van der Waals surface area contributed by atoms with Crippen molar-refractivity contribution in [2.75, 3.05) is 20.1 Å². The highest BCUT2D eigenvalue weighted by Crippen LogP contribution is 2.37. The fourth-order valence-electron chi connectivity index (χ4n) is 2.56. The van der Waals surface area contributed by atoms with Crippen LogP contribution in [0.2, 0.25) is 0 Å². The molecule has 0 unspecified atom stereocenters.